The number of fused-ring (bicyclic) bond motifs is 9. The van der Waals surface area contributed by atoms with E-state index in [2.05, 4.69) is 44.7 Å². The molecule has 6 N–H and O–H groups in total. The predicted molar refractivity (Wildman–Crippen MR) is 378 cm³/mol. The van der Waals surface area contributed by atoms with E-state index < -0.39 is 24.2 Å². The summed E-state index contributed by atoms with van der Waals surface area (Å²) in [7, 11) is 0. The van der Waals surface area contributed by atoms with E-state index in [1.807, 2.05) is 119 Å². The molecule has 0 fully saturated rings. The zero-order valence-electron chi connectivity index (χ0n) is 52.3. The number of nitrogens with zero attached hydrogens (tertiary/aromatic N) is 6. The van der Waals surface area contributed by atoms with Crippen LogP contribution in [0.5, 0.6) is 0 Å². The van der Waals surface area contributed by atoms with Gasteiger partial charge in [0.05, 0.1) is 65.9 Å². The highest BCUT2D eigenvalue weighted by Crippen LogP contribution is 2.38. The zero-order chi connectivity index (χ0) is 67.0. The highest BCUT2D eigenvalue weighted by molar-refractivity contribution is 6.39. The number of nitrogens with one attached hydrogen (secondary N) is 6. The highest BCUT2D eigenvalue weighted by atomic mass is 35.5. The van der Waals surface area contributed by atoms with Crippen LogP contribution in [0, 0.1) is 17.8 Å². The number of rotatable bonds is 11. The number of H-pyrrole nitrogens is 3. The van der Waals surface area contributed by atoms with Gasteiger partial charge in [-0.1, -0.05) is 172 Å². The summed E-state index contributed by atoms with van der Waals surface area (Å²) in [5.74, 6) is 1.43. The molecule has 0 aliphatic carbocycles. The monoisotopic (exact) mass is 1390 g/mol. The largest absolute Gasteiger partial charge is 0.361 e. The first kappa shape index (κ1) is 65.2. The van der Waals surface area contributed by atoms with Crippen LogP contribution in [0.4, 0.5) is 0 Å². The molecule has 1 unspecified atom stereocenters. The van der Waals surface area contributed by atoms with Gasteiger partial charge in [-0.15, -0.1) is 0 Å². The van der Waals surface area contributed by atoms with Gasteiger partial charge in [0, 0.05) is 85.6 Å². The number of hydrogen-bond acceptors (Lipinski definition) is 9. The number of carbonyl (C=O) groups excluding carboxylic acids is 3. The summed E-state index contributed by atoms with van der Waals surface area (Å²) in [6.45, 7) is 12.2. The van der Waals surface area contributed by atoms with Gasteiger partial charge >= 0.3 is 0 Å². The third kappa shape index (κ3) is 12.2. The van der Waals surface area contributed by atoms with Crippen molar-refractivity contribution in [2.45, 2.75) is 110 Å². The molecule has 6 aromatic heterocycles. The molecule has 15 rings (SSSR count). The van der Waals surface area contributed by atoms with Gasteiger partial charge in [0.25, 0.3) is 16.7 Å². The van der Waals surface area contributed by atoms with Crippen LogP contribution in [0.2, 0.25) is 30.1 Å². The van der Waals surface area contributed by atoms with E-state index >= 15 is 0 Å². The fourth-order valence-corrected chi connectivity index (χ4v) is 15.1. The summed E-state index contributed by atoms with van der Waals surface area (Å²) in [6, 6.07) is 29.8. The number of aromatic amines is 3. The summed E-state index contributed by atoms with van der Waals surface area (Å²) < 4.78 is 4.62. The topological polar surface area (TPSA) is 239 Å². The second-order valence-electron chi connectivity index (χ2n) is 25.3. The maximum absolute atomic E-state index is 13.7. The lowest BCUT2D eigenvalue weighted by Gasteiger charge is -2.35. The molecule has 0 bridgehead atoms. The van der Waals surface area contributed by atoms with Crippen molar-refractivity contribution in [1.82, 2.24) is 59.6 Å². The van der Waals surface area contributed by atoms with Gasteiger partial charge < -0.3 is 30.9 Å². The van der Waals surface area contributed by atoms with E-state index in [1.54, 1.807) is 45.5 Å². The summed E-state index contributed by atoms with van der Waals surface area (Å²) in [5.41, 5.74) is 6.13. The second kappa shape index (κ2) is 26.3. The molecule has 3 aliphatic rings. The summed E-state index contributed by atoms with van der Waals surface area (Å²) in [4.78, 5) is 105. The molecule has 7 atom stereocenters. The number of para-hydroxylation sites is 3. The van der Waals surface area contributed by atoms with Crippen LogP contribution in [0.25, 0.3) is 65.4 Å². The quantitative estimate of drug-likeness (QED) is 0.0721. The van der Waals surface area contributed by atoms with Crippen molar-refractivity contribution in [1.29, 1.82) is 0 Å². The predicted octanol–water partition coefficient (Wildman–Crippen LogP) is 15.2. The Morgan fingerprint density at radius 3 is 1.14 bits per heavy atom. The fourth-order valence-electron chi connectivity index (χ4n) is 13.4. The second-order valence-corrected chi connectivity index (χ2v) is 27.8. The number of amides is 3. The third-order valence-corrected chi connectivity index (χ3v) is 19.8. The van der Waals surface area contributed by atoms with Crippen LogP contribution in [0.1, 0.15) is 125 Å². The molecular formula is C71H64Cl6N12O6. The molecule has 3 aliphatic heterocycles. The third-order valence-electron chi connectivity index (χ3n) is 18.3. The molecule has 0 radical (unpaired) electrons. The van der Waals surface area contributed by atoms with E-state index in [0.29, 0.717) is 112 Å². The van der Waals surface area contributed by atoms with Gasteiger partial charge in [-0.05, 0) is 95.5 Å². The average Bonchev–Trinajstić information content (AvgIpc) is 0.969. The summed E-state index contributed by atoms with van der Waals surface area (Å²) >= 11 is 37.7. The van der Waals surface area contributed by atoms with Crippen molar-refractivity contribution in [2.24, 2.45) is 17.8 Å². The SMILES string of the molecule is CC(C)C[C@@H]1NC(=O)[C@@H](Cc2c[nH]c3ccccc23)n2c1nc1c(Cl)cc(Cl)cc1c2=O.CC(C)[C@@H]1NC(=O)[C@@H](Cc2c[nH]c3ccccc23)n2c1nc1c(Cl)cc(Cl)cc1c2=O.CCC(C)[C@@H]1NC(=O)[C@@H](Cc2c[nH]c3ccccc23)n2c1nc1c(Cl)cc(Cl)cc1c2=O. The first-order valence-corrected chi connectivity index (χ1v) is 33.6. The van der Waals surface area contributed by atoms with E-state index in [0.717, 1.165) is 55.8 Å². The number of hydrogen-bond donors (Lipinski definition) is 6. The van der Waals surface area contributed by atoms with Gasteiger partial charge in [-0.3, -0.25) is 42.5 Å². The maximum atomic E-state index is 13.7. The highest BCUT2D eigenvalue weighted by Gasteiger charge is 2.41. The number of benzene rings is 6. The van der Waals surface area contributed by atoms with Crippen LogP contribution < -0.4 is 32.6 Å². The molecular weight excluding hydrogens is 1330 g/mol. The molecule has 18 nitrogen and oxygen atoms in total. The average molecular weight is 1390 g/mol. The Morgan fingerprint density at radius 1 is 0.432 bits per heavy atom. The molecule has 0 spiro atoms. The van der Waals surface area contributed by atoms with E-state index in [1.165, 1.54) is 4.57 Å². The zero-order valence-corrected chi connectivity index (χ0v) is 56.8. The number of aromatic nitrogens is 9. The van der Waals surface area contributed by atoms with Crippen LogP contribution in [-0.2, 0) is 33.6 Å². The lowest BCUT2D eigenvalue weighted by atomic mass is 9.93. The number of halogens is 6. The van der Waals surface area contributed by atoms with Crippen molar-refractivity contribution in [3.05, 3.63) is 223 Å². The molecule has 0 saturated carbocycles. The van der Waals surface area contributed by atoms with Crippen LogP contribution in [0.3, 0.4) is 0 Å². The Kier molecular flexibility index (Phi) is 18.0. The Hall–Kier alpha value is -8.49. The lowest BCUT2D eigenvalue weighted by Crippen LogP contribution is -2.50. The van der Waals surface area contributed by atoms with Crippen LogP contribution >= 0.6 is 69.6 Å². The van der Waals surface area contributed by atoms with Crippen LogP contribution in [0.15, 0.2) is 142 Å². The molecule has 9 heterocycles. The van der Waals surface area contributed by atoms with E-state index in [9.17, 15) is 28.8 Å². The standard InChI is InChI=1S/2C24H22Cl2N4O2.C23H20Cl2N4O2/c1-12(2)7-19-22-29-21-16(9-14(25)10-17(21)26)24(32)30(22)20(23(31)28-19)8-13-11-27-18-6-4-3-5-15(13)18;1-3-12(2)20-22-28-21-16(9-14(25)10-17(21)26)24(32)30(22)19(23(31)29-20)8-13-11-27-18-7-5-4-6-15(13)18;1-11(2)19-21-27-20-15(8-13(24)9-16(20)25)23(31)29(21)18(22(30)28-19)7-12-10-26-17-6-4-3-5-14(12)17/h3-6,9-12,19-20,27H,7-8H2,1-2H3,(H,28,31);4-7,9-12,19-20,27H,3,8H2,1-2H3,(H,29,31);3-6,8-11,18-19,26H,7H2,1-2H3,(H,28,30)/t19-,20+;12?,19-,20+;18-,19+/m011/s1. The smallest absolute Gasteiger partial charge is 0.262 e. The molecule has 95 heavy (non-hydrogen) atoms. The molecule has 0 saturated heterocycles. The number of carbonyl (C=O) groups is 3. The molecule has 6 aromatic carbocycles. The van der Waals surface area contributed by atoms with Crippen LogP contribution in [-0.4, -0.2) is 61.3 Å². The minimum atomic E-state index is -0.730. The molecule has 3 amide bonds. The first-order valence-electron chi connectivity index (χ1n) is 31.4. The first-order chi connectivity index (χ1) is 45.6. The van der Waals surface area contributed by atoms with Gasteiger partial charge in [0.2, 0.25) is 17.7 Å². The Bertz CT molecular complexity index is 5280. The van der Waals surface area contributed by atoms with Crippen molar-refractivity contribution in [2.75, 3.05) is 0 Å². The van der Waals surface area contributed by atoms with Gasteiger partial charge in [-0.2, -0.15) is 0 Å². The Balaban J connectivity index is 0.000000129. The van der Waals surface area contributed by atoms with Gasteiger partial charge in [-0.25, -0.2) is 15.0 Å². The minimum Gasteiger partial charge on any atom is -0.361 e. The van der Waals surface area contributed by atoms with Crippen molar-refractivity contribution in [3.8, 4) is 0 Å². The Labute approximate surface area is 573 Å². The molecule has 24 heteroatoms. The molecule has 12 aromatic rings. The van der Waals surface area contributed by atoms with E-state index in [4.69, 9.17) is 84.6 Å². The summed E-state index contributed by atoms with van der Waals surface area (Å²) in [5, 5.41) is 15.3. The van der Waals surface area contributed by atoms with Crippen molar-refractivity contribution < 1.29 is 14.4 Å². The van der Waals surface area contributed by atoms with Gasteiger partial charge in [0.15, 0.2) is 0 Å². The van der Waals surface area contributed by atoms with Gasteiger partial charge in [0.1, 0.15) is 35.6 Å². The summed E-state index contributed by atoms with van der Waals surface area (Å²) in [6.07, 6.45) is 8.23. The maximum Gasteiger partial charge on any atom is 0.262 e. The fraction of sp³-hybridized carbons (Fsp3) is 0.282. The Morgan fingerprint density at radius 2 is 0.768 bits per heavy atom. The lowest BCUT2D eigenvalue weighted by molar-refractivity contribution is -0.128. The molecule has 486 valence electrons. The normalized spacial score (nSPS) is 18.7. The minimum absolute atomic E-state index is 0.0414. The van der Waals surface area contributed by atoms with Crippen molar-refractivity contribution in [3.63, 3.8) is 0 Å². The van der Waals surface area contributed by atoms with Crippen molar-refractivity contribution >= 4 is 153 Å². The van der Waals surface area contributed by atoms with E-state index in [-0.39, 0.29) is 58.3 Å².